The van der Waals surface area contributed by atoms with Gasteiger partial charge in [0, 0.05) is 18.0 Å². The van der Waals surface area contributed by atoms with Gasteiger partial charge in [0.2, 0.25) is 0 Å². The van der Waals surface area contributed by atoms with Crippen molar-refractivity contribution in [2.75, 3.05) is 20.7 Å². The Morgan fingerprint density at radius 3 is 2.56 bits per heavy atom. The van der Waals surface area contributed by atoms with Crippen molar-refractivity contribution in [1.29, 1.82) is 0 Å². The van der Waals surface area contributed by atoms with E-state index in [-0.39, 0.29) is 18.2 Å². The molecule has 14 heteroatoms. The van der Waals surface area contributed by atoms with Crippen molar-refractivity contribution >= 4 is 29.8 Å². The number of aliphatic carboxylic acids is 2. The van der Waals surface area contributed by atoms with E-state index >= 15 is 0 Å². The van der Waals surface area contributed by atoms with E-state index in [1.165, 1.54) is 14.0 Å². The van der Waals surface area contributed by atoms with Crippen LogP contribution in [-0.2, 0) is 45.3 Å². The maximum atomic E-state index is 12.9. The van der Waals surface area contributed by atoms with Crippen LogP contribution in [0, 0.1) is 0 Å². The van der Waals surface area contributed by atoms with Gasteiger partial charge >= 0.3 is 23.9 Å². The lowest BCUT2D eigenvalue weighted by Crippen LogP contribution is -2.74. The number of aliphatic hydroxyl groups is 1. The Hall–Kier alpha value is -4.17. The Morgan fingerprint density at radius 1 is 1.16 bits per heavy atom. The van der Waals surface area contributed by atoms with Crippen molar-refractivity contribution in [3.63, 3.8) is 0 Å². The van der Waals surface area contributed by atoms with Gasteiger partial charge in [-0.05, 0) is 51.1 Å². The summed E-state index contributed by atoms with van der Waals surface area (Å²) in [6.07, 6.45) is -0.824. The number of rotatable bonds is 11. The highest BCUT2D eigenvalue weighted by Gasteiger charge is 2.72. The van der Waals surface area contributed by atoms with E-state index in [9.17, 15) is 29.1 Å². The fraction of sp³-hybridized carbons (Fsp3) is 0.552. The Labute approximate surface area is 246 Å². The third-order valence-electron chi connectivity index (χ3n) is 8.99. The number of carboxylic acid groups (broad SMARTS) is 2. The van der Waals surface area contributed by atoms with Crippen molar-refractivity contribution in [1.82, 2.24) is 10.2 Å². The van der Waals surface area contributed by atoms with Crippen LogP contribution in [0.4, 0.5) is 0 Å². The average molecular weight is 603 g/mol. The summed E-state index contributed by atoms with van der Waals surface area (Å²) in [5, 5.41) is 32.1. The molecule has 2 bridgehead atoms. The van der Waals surface area contributed by atoms with Gasteiger partial charge in [-0.2, -0.15) is 0 Å². The Kier molecular flexibility index (Phi) is 7.86. The van der Waals surface area contributed by atoms with Crippen molar-refractivity contribution in [3.05, 3.63) is 35.1 Å². The number of carbonyl (C=O) groups excluding carboxylic acids is 3. The molecule has 6 atom stereocenters. The number of likely N-dealkylation sites (N-methyl/N-ethyl adjacent to an activating group) is 1. The zero-order valence-electron chi connectivity index (χ0n) is 24.0. The highest BCUT2D eigenvalue weighted by atomic mass is 16.6. The first-order valence-corrected chi connectivity index (χ1v) is 14.0. The van der Waals surface area contributed by atoms with Crippen LogP contribution in [0.2, 0.25) is 0 Å². The highest BCUT2D eigenvalue weighted by molar-refractivity contribution is 5.90. The molecule has 2 aliphatic heterocycles. The number of amides is 1. The van der Waals surface area contributed by atoms with E-state index in [0.29, 0.717) is 30.9 Å². The number of likely N-dealkylation sites (tertiary alicyclic amines) is 1. The first kappa shape index (κ1) is 30.3. The molecular formula is C29H34N2O12. The van der Waals surface area contributed by atoms with E-state index in [1.807, 2.05) is 24.5 Å². The SMILES string of the molecule is COc1ccc2c3c1O[C@H]1C(OC(=O)CCC(=O)OC(C)C(=O)NC(CC(=O)O)C(=O)O)=CC[C@@]4(O)[C@@H](C2)N(C)CC[C@]314. The van der Waals surface area contributed by atoms with Crippen LogP contribution >= 0.6 is 0 Å². The molecule has 0 aromatic heterocycles. The van der Waals surface area contributed by atoms with Gasteiger partial charge in [0.05, 0.1) is 37.4 Å². The summed E-state index contributed by atoms with van der Waals surface area (Å²) >= 11 is 0. The second-order valence-electron chi connectivity index (χ2n) is 11.4. The molecule has 1 saturated heterocycles. The second-order valence-corrected chi connectivity index (χ2v) is 11.4. The minimum atomic E-state index is -1.70. The number of methoxy groups -OCH3 is 1. The lowest BCUT2D eigenvalue weighted by molar-refractivity contribution is -0.169. The molecule has 1 spiro atoms. The minimum Gasteiger partial charge on any atom is -0.493 e. The summed E-state index contributed by atoms with van der Waals surface area (Å²) in [5.74, 6) is -4.37. The van der Waals surface area contributed by atoms with Crippen LogP contribution in [0.5, 0.6) is 11.5 Å². The molecule has 4 N–H and O–H groups in total. The van der Waals surface area contributed by atoms with Gasteiger partial charge in [0.15, 0.2) is 23.7 Å². The van der Waals surface area contributed by atoms with Gasteiger partial charge in [0.1, 0.15) is 11.8 Å². The van der Waals surface area contributed by atoms with Crippen LogP contribution in [0.1, 0.15) is 50.2 Å². The molecule has 1 aromatic carbocycles. The number of hydrogen-bond acceptors (Lipinski definition) is 11. The number of piperidine rings is 1. The monoisotopic (exact) mass is 602 g/mol. The first-order valence-electron chi connectivity index (χ1n) is 14.0. The van der Waals surface area contributed by atoms with Crippen LogP contribution in [0.15, 0.2) is 24.0 Å². The average Bonchev–Trinajstić information content (AvgIpc) is 3.30. The molecule has 232 valence electrons. The van der Waals surface area contributed by atoms with E-state index in [2.05, 4.69) is 4.90 Å². The summed E-state index contributed by atoms with van der Waals surface area (Å²) in [4.78, 5) is 61.6. The van der Waals surface area contributed by atoms with Crippen LogP contribution < -0.4 is 14.8 Å². The quantitative estimate of drug-likeness (QED) is 0.252. The van der Waals surface area contributed by atoms with Crippen molar-refractivity contribution in [2.24, 2.45) is 0 Å². The summed E-state index contributed by atoms with van der Waals surface area (Å²) in [5.41, 5.74) is -0.0989. The normalized spacial score (nSPS) is 27.9. The largest absolute Gasteiger partial charge is 0.493 e. The van der Waals surface area contributed by atoms with Crippen LogP contribution in [0.25, 0.3) is 0 Å². The lowest BCUT2D eigenvalue weighted by Gasteiger charge is -2.61. The fourth-order valence-electron chi connectivity index (χ4n) is 6.95. The molecule has 5 rings (SSSR count). The molecule has 0 saturated carbocycles. The Morgan fingerprint density at radius 2 is 1.88 bits per heavy atom. The maximum Gasteiger partial charge on any atom is 0.326 e. The number of nitrogens with zero attached hydrogens (tertiary/aromatic N) is 1. The number of carboxylic acids is 2. The Balaban J connectivity index is 1.24. The third kappa shape index (κ3) is 4.97. The standard InChI is InChI=1S/C29H34N2O12/c1-14(26(36)30-16(27(37)38)13-20(32)33)41-21(34)6-7-22(35)42-18-8-9-29(39)19-12-15-4-5-17(40-3)24-23(15)28(29,25(18)43-24)10-11-31(19)2/h4-5,8,14,16,19,25,39H,6-7,9-13H2,1-3H3,(H,30,36)(H,32,33)(H,37,38)/t14?,16?,19-,25+,28+,29-/m1/s1. The molecule has 2 heterocycles. The zero-order chi connectivity index (χ0) is 31.3. The fourth-order valence-corrected chi connectivity index (χ4v) is 6.95. The smallest absolute Gasteiger partial charge is 0.326 e. The van der Waals surface area contributed by atoms with Gasteiger partial charge in [-0.25, -0.2) is 4.79 Å². The molecule has 1 aromatic rings. The van der Waals surface area contributed by atoms with Crippen LogP contribution in [-0.4, -0.2) is 101 Å². The molecule has 2 unspecified atom stereocenters. The number of hydrogen-bond donors (Lipinski definition) is 4. The van der Waals surface area contributed by atoms with E-state index < -0.39 is 78.3 Å². The number of esters is 2. The molecule has 0 radical (unpaired) electrons. The van der Waals surface area contributed by atoms with Gasteiger partial charge in [0.25, 0.3) is 5.91 Å². The van der Waals surface area contributed by atoms with Gasteiger partial charge < -0.3 is 44.5 Å². The molecule has 4 aliphatic rings. The van der Waals surface area contributed by atoms with Crippen molar-refractivity contribution < 1.29 is 58.2 Å². The molecule has 2 aliphatic carbocycles. The molecular weight excluding hydrogens is 568 g/mol. The van der Waals surface area contributed by atoms with Crippen LogP contribution in [0.3, 0.4) is 0 Å². The Bertz CT molecular complexity index is 1410. The summed E-state index contributed by atoms with van der Waals surface area (Å²) in [7, 11) is 3.52. The predicted molar refractivity (Wildman–Crippen MR) is 144 cm³/mol. The first-order chi connectivity index (χ1) is 20.3. The van der Waals surface area contributed by atoms with Gasteiger partial charge in [-0.3, -0.25) is 19.2 Å². The minimum absolute atomic E-state index is 0.170. The molecule has 14 nitrogen and oxygen atoms in total. The number of nitrogens with one attached hydrogen (secondary N) is 1. The predicted octanol–water partition coefficient (Wildman–Crippen LogP) is 0.272. The van der Waals surface area contributed by atoms with E-state index in [0.717, 1.165) is 11.1 Å². The van der Waals surface area contributed by atoms with Crippen molar-refractivity contribution in [3.8, 4) is 11.5 Å². The molecule has 1 fully saturated rings. The third-order valence-corrected chi connectivity index (χ3v) is 8.99. The van der Waals surface area contributed by atoms with E-state index in [4.69, 9.17) is 29.2 Å². The highest BCUT2D eigenvalue weighted by Crippen LogP contribution is 2.65. The summed E-state index contributed by atoms with van der Waals surface area (Å²) in [6.45, 7) is 1.89. The zero-order valence-corrected chi connectivity index (χ0v) is 24.0. The number of benzene rings is 1. The van der Waals surface area contributed by atoms with Crippen molar-refractivity contribution in [2.45, 2.75) is 80.8 Å². The molecule has 1 amide bonds. The lowest BCUT2D eigenvalue weighted by atomic mass is 9.50. The summed E-state index contributed by atoms with van der Waals surface area (Å²) < 4.78 is 22.7. The second kappa shape index (κ2) is 11.2. The van der Waals surface area contributed by atoms with E-state index in [1.54, 1.807) is 6.08 Å². The summed E-state index contributed by atoms with van der Waals surface area (Å²) in [6, 6.07) is 1.95. The van der Waals surface area contributed by atoms with Gasteiger partial charge in [-0.15, -0.1) is 0 Å². The maximum absolute atomic E-state index is 12.9. The molecule has 43 heavy (non-hydrogen) atoms. The topological polar surface area (TPSA) is 198 Å². The number of ether oxygens (including phenoxy) is 4. The van der Waals surface area contributed by atoms with Gasteiger partial charge in [-0.1, -0.05) is 6.07 Å². The number of carbonyl (C=O) groups is 5.